The Kier molecular flexibility index (Phi) is 6.61. The Balaban J connectivity index is 1.83. The van der Waals surface area contributed by atoms with E-state index in [1.54, 1.807) is 23.0 Å². The predicted octanol–water partition coefficient (Wildman–Crippen LogP) is 1.46. The van der Waals surface area contributed by atoms with Crippen LogP contribution in [-0.4, -0.2) is 67.0 Å². The average molecular weight is 438 g/mol. The van der Waals surface area contributed by atoms with E-state index in [2.05, 4.69) is 15.6 Å². The molecule has 1 unspecified atom stereocenters. The number of amides is 1. The van der Waals surface area contributed by atoms with E-state index >= 15 is 0 Å². The van der Waals surface area contributed by atoms with Gasteiger partial charge in [-0.2, -0.15) is 4.31 Å². The van der Waals surface area contributed by atoms with Gasteiger partial charge in [0.25, 0.3) is 5.91 Å². The minimum absolute atomic E-state index is 0.0178. The van der Waals surface area contributed by atoms with Gasteiger partial charge in [0.2, 0.25) is 10.0 Å². The number of hydrogen-bond donors (Lipinski definition) is 1. The summed E-state index contributed by atoms with van der Waals surface area (Å²) in [6.45, 7) is 4.32. The van der Waals surface area contributed by atoms with Crippen molar-refractivity contribution in [3.8, 4) is 11.5 Å². The maximum absolute atomic E-state index is 13.3. The van der Waals surface area contributed by atoms with E-state index in [0.717, 1.165) is 6.42 Å². The molecule has 2 aromatic rings. The second kappa shape index (κ2) is 9.00. The molecule has 1 aromatic carbocycles. The standard InChI is InChI=1S/C19H27N5O5S/c1-13(2)20-19(25)16-12-24(22-21-16)14-6-5-9-23(11-14)30(26,27)18-10-15(28-3)7-8-17(18)29-4/h7-8,10,12-14H,5-6,9,11H2,1-4H3,(H,20,25). The van der Waals surface area contributed by atoms with Crippen molar-refractivity contribution in [3.05, 3.63) is 30.1 Å². The third-order valence-corrected chi connectivity index (χ3v) is 6.77. The third kappa shape index (κ3) is 4.57. The van der Waals surface area contributed by atoms with Gasteiger partial charge >= 0.3 is 0 Å². The van der Waals surface area contributed by atoms with Gasteiger partial charge in [0.1, 0.15) is 16.4 Å². The first-order valence-corrected chi connectivity index (χ1v) is 11.1. The molecule has 0 spiro atoms. The maximum atomic E-state index is 13.3. The Morgan fingerprint density at radius 1 is 1.27 bits per heavy atom. The van der Waals surface area contributed by atoms with Gasteiger partial charge in [-0.3, -0.25) is 4.79 Å². The van der Waals surface area contributed by atoms with Crippen LogP contribution in [-0.2, 0) is 10.0 Å². The molecule has 1 saturated heterocycles. The van der Waals surface area contributed by atoms with Crippen LogP contribution in [0.3, 0.4) is 0 Å². The lowest BCUT2D eigenvalue weighted by Crippen LogP contribution is -2.41. The first kappa shape index (κ1) is 22.0. The van der Waals surface area contributed by atoms with E-state index in [1.807, 2.05) is 13.8 Å². The molecule has 11 heteroatoms. The Hall–Kier alpha value is -2.66. The number of aromatic nitrogens is 3. The lowest BCUT2D eigenvalue weighted by Gasteiger charge is -2.32. The Morgan fingerprint density at radius 2 is 2.03 bits per heavy atom. The van der Waals surface area contributed by atoms with E-state index in [0.29, 0.717) is 18.7 Å². The van der Waals surface area contributed by atoms with Gasteiger partial charge in [-0.25, -0.2) is 13.1 Å². The number of sulfonamides is 1. The second-order valence-corrected chi connectivity index (χ2v) is 9.29. The maximum Gasteiger partial charge on any atom is 0.273 e. The van der Waals surface area contributed by atoms with Crippen molar-refractivity contribution < 1.29 is 22.7 Å². The lowest BCUT2D eigenvalue weighted by molar-refractivity contribution is 0.0938. The highest BCUT2D eigenvalue weighted by atomic mass is 32.2. The van der Waals surface area contributed by atoms with Crippen LogP contribution in [0.2, 0.25) is 0 Å². The smallest absolute Gasteiger partial charge is 0.273 e. The molecule has 1 aliphatic rings. The minimum atomic E-state index is -3.82. The van der Waals surface area contributed by atoms with Crippen LogP contribution in [0, 0.1) is 0 Å². The summed E-state index contributed by atoms with van der Waals surface area (Å²) < 4.78 is 40.1. The van der Waals surface area contributed by atoms with Crippen molar-refractivity contribution in [3.63, 3.8) is 0 Å². The number of rotatable bonds is 7. The SMILES string of the molecule is COc1ccc(OC)c(S(=O)(=O)N2CCCC(n3cc(C(=O)NC(C)C)nn3)C2)c1. The number of methoxy groups -OCH3 is 2. The molecule has 1 aliphatic heterocycles. The van der Waals surface area contributed by atoms with Crippen LogP contribution in [0.15, 0.2) is 29.3 Å². The first-order chi connectivity index (χ1) is 14.3. The number of ether oxygens (including phenoxy) is 2. The molecule has 164 valence electrons. The van der Waals surface area contributed by atoms with Crippen molar-refractivity contribution in [2.24, 2.45) is 0 Å². The normalized spacial score (nSPS) is 17.7. The van der Waals surface area contributed by atoms with E-state index < -0.39 is 10.0 Å². The van der Waals surface area contributed by atoms with Crippen LogP contribution in [0.4, 0.5) is 0 Å². The summed E-state index contributed by atoms with van der Waals surface area (Å²) in [7, 11) is -0.908. The fourth-order valence-corrected chi connectivity index (χ4v) is 5.06. The number of benzene rings is 1. The van der Waals surface area contributed by atoms with Crippen LogP contribution < -0.4 is 14.8 Å². The summed E-state index contributed by atoms with van der Waals surface area (Å²) in [5, 5.41) is 10.8. The summed E-state index contributed by atoms with van der Waals surface area (Å²) in [4.78, 5) is 12.2. The summed E-state index contributed by atoms with van der Waals surface area (Å²) in [6, 6.07) is 4.44. The largest absolute Gasteiger partial charge is 0.497 e. The van der Waals surface area contributed by atoms with Crippen LogP contribution in [0.25, 0.3) is 0 Å². The number of hydrogen-bond acceptors (Lipinski definition) is 7. The molecule has 2 heterocycles. The summed E-state index contributed by atoms with van der Waals surface area (Å²) in [5.41, 5.74) is 0.207. The second-order valence-electron chi connectivity index (χ2n) is 7.39. The molecule has 1 amide bonds. The highest BCUT2D eigenvalue weighted by Crippen LogP contribution is 2.33. The van der Waals surface area contributed by atoms with E-state index in [4.69, 9.17) is 9.47 Å². The van der Waals surface area contributed by atoms with Crippen LogP contribution in [0.1, 0.15) is 43.2 Å². The van der Waals surface area contributed by atoms with Crippen molar-refractivity contribution in [2.45, 2.75) is 43.7 Å². The number of nitrogens with one attached hydrogen (secondary N) is 1. The molecule has 1 aromatic heterocycles. The van der Waals surface area contributed by atoms with Gasteiger partial charge in [-0.15, -0.1) is 5.10 Å². The zero-order valence-electron chi connectivity index (χ0n) is 17.5. The van der Waals surface area contributed by atoms with Crippen molar-refractivity contribution in [1.29, 1.82) is 0 Å². The predicted molar refractivity (Wildman–Crippen MR) is 109 cm³/mol. The van der Waals surface area contributed by atoms with E-state index in [1.165, 1.54) is 24.6 Å². The Labute approximate surface area is 176 Å². The van der Waals surface area contributed by atoms with Crippen LogP contribution >= 0.6 is 0 Å². The van der Waals surface area contributed by atoms with Crippen molar-refractivity contribution >= 4 is 15.9 Å². The van der Waals surface area contributed by atoms with Gasteiger partial charge in [0.05, 0.1) is 26.5 Å². The quantitative estimate of drug-likeness (QED) is 0.697. The molecule has 0 aliphatic carbocycles. The zero-order valence-corrected chi connectivity index (χ0v) is 18.3. The molecule has 0 radical (unpaired) electrons. The number of carbonyl (C=O) groups excluding carboxylic acids is 1. The molecule has 30 heavy (non-hydrogen) atoms. The van der Waals surface area contributed by atoms with E-state index in [9.17, 15) is 13.2 Å². The summed E-state index contributed by atoms with van der Waals surface area (Å²) in [5.74, 6) is 0.379. The van der Waals surface area contributed by atoms with Crippen molar-refractivity contribution in [1.82, 2.24) is 24.6 Å². The van der Waals surface area contributed by atoms with Gasteiger partial charge in [0, 0.05) is 25.2 Å². The fourth-order valence-electron chi connectivity index (χ4n) is 3.38. The Morgan fingerprint density at radius 3 is 2.70 bits per heavy atom. The van der Waals surface area contributed by atoms with Gasteiger partial charge in [-0.05, 0) is 38.8 Å². The summed E-state index contributed by atoms with van der Waals surface area (Å²) >= 11 is 0. The lowest BCUT2D eigenvalue weighted by atomic mass is 10.1. The van der Waals surface area contributed by atoms with E-state index in [-0.39, 0.29) is 40.9 Å². The Bertz CT molecular complexity index is 1000. The van der Waals surface area contributed by atoms with Crippen molar-refractivity contribution in [2.75, 3.05) is 27.3 Å². The number of piperidine rings is 1. The highest BCUT2D eigenvalue weighted by molar-refractivity contribution is 7.89. The molecular formula is C19H27N5O5S. The van der Waals surface area contributed by atoms with Gasteiger partial charge in [0.15, 0.2) is 5.69 Å². The molecule has 3 rings (SSSR count). The minimum Gasteiger partial charge on any atom is -0.497 e. The zero-order chi connectivity index (χ0) is 21.9. The molecule has 1 fully saturated rings. The molecular weight excluding hydrogens is 410 g/mol. The first-order valence-electron chi connectivity index (χ1n) is 9.71. The molecule has 0 bridgehead atoms. The third-order valence-electron chi connectivity index (χ3n) is 4.88. The van der Waals surface area contributed by atoms with Gasteiger partial charge in [-0.1, -0.05) is 5.21 Å². The molecule has 0 saturated carbocycles. The monoisotopic (exact) mass is 437 g/mol. The number of nitrogens with zero attached hydrogens (tertiary/aromatic N) is 4. The molecule has 1 atom stereocenters. The molecule has 10 nitrogen and oxygen atoms in total. The molecule has 1 N–H and O–H groups in total. The van der Waals surface area contributed by atoms with Gasteiger partial charge < -0.3 is 14.8 Å². The average Bonchev–Trinajstić information content (AvgIpc) is 3.23. The topological polar surface area (TPSA) is 116 Å². The van der Waals surface area contributed by atoms with Crippen LogP contribution in [0.5, 0.6) is 11.5 Å². The highest BCUT2D eigenvalue weighted by Gasteiger charge is 2.34. The number of carbonyl (C=O) groups is 1. The fraction of sp³-hybridized carbons (Fsp3) is 0.526. The summed E-state index contributed by atoms with van der Waals surface area (Å²) in [6.07, 6.45) is 2.95.